The van der Waals surface area contributed by atoms with Gasteiger partial charge < -0.3 is 27.8 Å². The Morgan fingerprint density at radius 1 is 0.966 bits per heavy atom. The summed E-state index contributed by atoms with van der Waals surface area (Å²) in [5.74, 6) is -2.04. The van der Waals surface area contributed by atoms with E-state index in [1.807, 2.05) is 0 Å². The summed E-state index contributed by atoms with van der Waals surface area (Å²) in [6.45, 7) is 5.34. The Labute approximate surface area is 171 Å². The van der Waals surface area contributed by atoms with Crippen molar-refractivity contribution in [3.8, 4) is 0 Å². The van der Waals surface area contributed by atoms with Crippen molar-refractivity contribution < 1.29 is 19.2 Å². The molecule has 0 heterocycles. The maximum Gasteiger partial charge on any atom is 0.243 e. The van der Waals surface area contributed by atoms with Crippen LogP contribution in [0.25, 0.3) is 0 Å². The fraction of sp³-hybridized carbons (Fsp3) is 0.722. The summed E-state index contributed by atoms with van der Waals surface area (Å²) in [4.78, 5) is 53.9. The molecular formula is C18H35N7O4. The number of nitrogens with one attached hydrogen (secondary N) is 2. The van der Waals surface area contributed by atoms with Crippen LogP contribution >= 0.6 is 0 Å². The van der Waals surface area contributed by atoms with E-state index in [-0.39, 0.29) is 18.3 Å². The summed E-state index contributed by atoms with van der Waals surface area (Å²) in [5, 5.41) is 5.33. The number of hydrogen-bond acceptors (Lipinski definition) is 6. The van der Waals surface area contributed by atoms with Crippen LogP contribution in [0.2, 0.25) is 0 Å². The molecular weight excluding hydrogens is 378 g/mol. The number of guanidine groups is 1. The zero-order chi connectivity index (χ0) is 22.4. The predicted octanol–water partition coefficient (Wildman–Crippen LogP) is -1.45. The van der Waals surface area contributed by atoms with Gasteiger partial charge in [-0.15, -0.1) is 0 Å². The molecule has 0 aliphatic carbocycles. The monoisotopic (exact) mass is 413 g/mol. The van der Waals surface area contributed by atoms with Gasteiger partial charge in [0.25, 0.3) is 0 Å². The zero-order valence-electron chi connectivity index (χ0n) is 17.6. The molecule has 0 spiro atoms. The molecule has 0 saturated carbocycles. The fourth-order valence-corrected chi connectivity index (χ4v) is 2.86. The van der Waals surface area contributed by atoms with Crippen LogP contribution < -0.4 is 27.8 Å². The highest BCUT2D eigenvalue weighted by Gasteiger charge is 2.32. The van der Waals surface area contributed by atoms with Crippen molar-refractivity contribution >= 4 is 29.6 Å². The third-order valence-corrected chi connectivity index (χ3v) is 4.15. The molecule has 0 saturated heterocycles. The van der Waals surface area contributed by atoms with Crippen LogP contribution in [0.3, 0.4) is 0 Å². The van der Waals surface area contributed by atoms with Crippen LogP contribution in [-0.2, 0) is 19.2 Å². The SMILES string of the molecule is CCNC(=O)[C@H](CCCN=C(N)N)NC(=O)[C@H](CCCCN)N(C(C)=O)C(C)=O. The molecule has 0 aromatic heterocycles. The molecule has 11 nitrogen and oxygen atoms in total. The number of amides is 4. The van der Waals surface area contributed by atoms with E-state index in [0.29, 0.717) is 45.3 Å². The van der Waals surface area contributed by atoms with Crippen molar-refractivity contribution in [3.63, 3.8) is 0 Å². The Morgan fingerprint density at radius 3 is 2.07 bits per heavy atom. The summed E-state index contributed by atoms with van der Waals surface area (Å²) >= 11 is 0. The highest BCUT2D eigenvalue weighted by molar-refractivity contribution is 5.99. The first-order valence-electron chi connectivity index (χ1n) is 9.79. The Balaban J connectivity index is 5.38. The van der Waals surface area contributed by atoms with E-state index in [0.717, 1.165) is 4.90 Å². The highest BCUT2D eigenvalue weighted by atomic mass is 16.2. The largest absolute Gasteiger partial charge is 0.370 e. The first-order chi connectivity index (χ1) is 13.6. The third-order valence-electron chi connectivity index (χ3n) is 4.15. The average Bonchev–Trinajstić information content (AvgIpc) is 2.62. The van der Waals surface area contributed by atoms with Crippen LogP contribution in [-0.4, -0.2) is 66.2 Å². The first kappa shape index (κ1) is 26.3. The normalized spacial score (nSPS) is 12.4. The van der Waals surface area contributed by atoms with Gasteiger partial charge in [-0.3, -0.25) is 29.1 Å². The summed E-state index contributed by atoms with van der Waals surface area (Å²) in [6.07, 6.45) is 2.22. The Kier molecular flexibility index (Phi) is 13.0. The van der Waals surface area contributed by atoms with Gasteiger partial charge in [-0.2, -0.15) is 0 Å². The van der Waals surface area contributed by atoms with E-state index >= 15 is 0 Å². The van der Waals surface area contributed by atoms with Gasteiger partial charge in [0, 0.05) is 26.9 Å². The van der Waals surface area contributed by atoms with Gasteiger partial charge in [0.1, 0.15) is 12.1 Å². The van der Waals surface area contributed by atoms with Crippen LogP contribution in [0.4, 0.5) is 0 Å². The molecule has 0 aliphatic rings. The van der Waals surface area contributed by atoms with Crippen LogP contribution in [0.1, 0.15) is 52.9 Å². The van der Waals surface area contributed by atoms with E-state index < -0.39 is 29.8 Å². The summed E-state index contributed by atoms with van der Waals surface area (Å²) in [7, 11) is 0. The molecule has 29 heavy (non-hydrogen) atoms. The molecule has 0 bridgehead atoms. The lowest BCUT2D eigenvalue weighted by molar-refractivity contribution is -0.150. The third kappa shape index (κ3) is 10.4. The van der Waals surface area contributed by atoms with Crippen LogP contribution in [0.15, 0.2) is 4.99 Å². The second kappa shape index (κ2) is 14.3. The molecule has 8 N–H and O–H groups in total. The predicted molar refractivity (Wildman–Crippen MR) is 110 cm³/mol. The smallest absolute Gasteiger partial charge is 0.243 e. The van der Waals surface area contributed by atoms with E-state index in [9.17, 15) is 19.2 Å². The summed E-state index contributed by atoms with van der Waals surface area (Å²) in [6, 6.07) is -1.85. The minimum Gasteiger partial charge on any atom is -0.370 e. The Bertz CT molecular complexity index is 577. The number of likely N-dealkylation sites (N-methyl/N-ethyl adjacent to an activating group) is 1. The van der Waals surface area contributed by atoms with Crippen molar-refractivity contribution in [1.82, 2.24) is 15.5 Å². The number of hydrogen-bond donors (Lipinski definition) is 5. The Morgan fingerprint density at radius 2 is 1.59 bits per heavy atom. The summed E-state index contributed by atoms with van der Waals surface area (Å²) in [5.41, 5.74) is 16.1. The molecule has 0 unspecified atom stereocenters. The maximum atomic E-state index is 12.9. The second-order valence-electron chi connectivity index (χ2n) is 6.61. The van der Waals surface area contributed by atoms with Crippen LogP contribution in [0.5, 0.6) is 0 Å². The van der Waals surface area contributed by atoms with E-state index in [2.05, 4.69) is 15.6 Å². The number of nitrogens with two attached hydrogens (primary N) is 3. The van der Waals surface area contributed by atoms with Crippen molar-refractivity contribution in [1.29, 1.82) is 0 Å². The Hall–Kier alpha value is -2.69. The second-order valence-corrected chi connectivity index (χ2v) is 6.61. The standard InChI is InChI=1S/C18H35N7O4/c1-4-22-16(28)14(8-7-11-23-18(20)21)24-17(29)15(9-5-6-10-19)25(12(2)26)13(3)27/h14-15H,4-11,19H2,1-3H3,(H,22,28)(H,24,29)(H4,20,21,23)/t14-,15-/m0/s1. The number of aliphatic imine (C=N–C) groups is 1. The van der Waals surface area contributed by atoms with E-state index in [4.69, 9.17) is 17.2 Å². The molecule has 0 radical (unpaired) electrons. The van der Waals surface area contributed by atoms with Gasteiger partial charge in [-0.1, -0.05) is 0 Å². The number of imide groups is 1. The number of carbonyl (C=O) groups is 4. The quantitative estimate of drug-likeness (QED) is 0.139. The van der Waals surface area contributed by atoms with Gasteiger partial charge in [0.05, 0.1) is 0 Å². The highest BCUT2D eigenvalue weighted by Crippen LogP contribution is 2.12. The van der Waals surface area contributed by atoms with Crippen molar-refractivity contribution in [2.45, 2.75) is 65.0 Å². The molecule has 4 amide bonds. The lowest BCUT2D eigenvalue weighted by Gasteiger charge is -2.29. The van der Waals surface area contributed by atoms with Gasteiger partial charge in [-0.25, -0.2) is 0 Å². The number of carbonyl (C=O) groups excluding carboxylic acids is 4. The van der Waals surface area contributed by atoms with Gasteiger partial charge in [0.15, 0.2) is 5.96 Å². The molecule has 0 fully saturated rings. The number of nitrogens with zero attached hydrogens (tertiary/aromatic N) is 2. The minimum absolute atomic E-state index is 0.0536. The van der Waals surface area contributed by atoms with Crippen molar-refractivity contribution in [2.75, 3.05) is 19.6 Å². The van der Waals surface area contributed by atoms with Gasteiger partial charge in [0.2, 0.25) is 23.6 Å². The molecule has 0 aromatic carbocycles. The summed E-state index contributed by atoms with van der Waals surface area (Å²) < 4.78 is 0. The van der Waals surface area contributed by atoms with Gasteiger partial charge >= 0.3 is 0 Å². The molecule has 0 aliphatic heterocycles. The fourth-order valence-electron chi connectivity index (χ4n) is 2.86. The first-order valence-corrected chi connectivity index (χ1v) is 9.79. The van der Waals surface area contributed by atoms with Crippen molar-refractivity contribution in [3.05, 3.63) is 0 Å². The molecule has 11 heteroatoms. The minimum atomic E-state index is -1.01. The van der Waals surface area contributed by atoms with E-state index in [1.165, 1.54) is 13.8 Å². The van der Waals surface area contributed by atoms with Crippen LogP contribution in [0, 0.1) is 0 Å². The van der Waals surface area contributed by atoms with E-state index in [1.54, 1.807) is 6.92 Å². The number of rotatable bonds is 13. The lowest BCUT2D eigenvalue weighted by Crippen LogP contribution is -2.55. The maximum absolute atomic E-state index is 12.9. The molecule has 0 rings (SSSR count). The zero-order valence-corrected chi connectivity index (χ0v) is 17.6. The molecule has 166 valence electrons. The number of unbranched alkanes of at least 4 members (excludes halogenated alkanes) is 1. The topological polar surface area (TPSA) is 186 Å². The molecule has 2 atom stereocenters. The molecule has 0 aromatic rings. The van der Waals surface area contributed by atoms with Crippen molar-refractivity contribution in [2.24, 2.45) is 22.2 Å². The lowest BCUT2D eigenvalue weighted by atomic mass is 10.0. The van der Waals surface area contributed by atoms with Gasteiger partial charge in [-0.05, 0) is 45.6 Å². The average molecular weight is 414 g/mol.